The molecule has 4 nitrogen and oxygen atoms in total. The lowest BCUT2D eigenvalue weighted by atomic mass is 9.95. The van der Waals surface area contributed by atoms with Gasteiger partial charge >= 0.3 is 0 Å². The quantitative estimate of drug-likeness (QED) is 0.399. The molecule has 6 heteroatoms. The van der Waals surface area contributed by atoms with Crippen LogP contribution in [-0.2, 0) is 6.54 Å². The van der Waals surface area contributed by atoms with Crippen LogP contribution in [0, 0.1) is 5.82 Å². The van der Waals surface area contributed by atoms with Crippen LogP contribution in [0.2, 0.25) is 5.02 Å². The Morgan fingerprint density at radius 3 is 2.72 bits per heavy atom. The molecule has 0 aliphatic heterocycles. The maximum Gasteiger partial charge on any atom is 0.126 e. The van der Waals surface area contributed by atoms with Crippen molar-refractivity contribution in [2.24, 2.45) is 5.73 Å². The lowest BCUT2D eigenvalue weighted by molar-refractivity contribution is 0.462. The molecule has 0 saturated heterocycles. The van der Waals surface area contributed by atoms with Gasteiger partial charge in [0.15, 0.2) is 0 Å². The zero-order valence-electron chi connectivity index (χ0n) is 19.0. The molecule has 0 bridgehead atoms. The predicted molar refractivity (Wildman–Crippen MR) is 135 cm³/mol. The van der Waals surface area contributed by atoms with Gasteiger partial charge in [-0.05, 0) is 62.2 Å². The monoisotopic (exact) mass is 456 g/mol. The van der Waals surface area contributed by atoms with Crippen molar-refractivity contribution in [1.29, 1.82) is 0 Å². The summed E-state index contributed by atoms with van der Waals surface area (Å²) in [5.74, 6) is 0.639. The molecule has 1 fully saturated rings. The van der Waals surface area contributed by atoms with Gasteiger partial charge in [0.05, 0.1) is 5.02 Å². The van der Waals surface area contributed by atoms with E-state index < -0.39 is 0 Å². The van der Waals surface area contributed by atoms with Crippen LogP contribution in [0.4, 0.5) is 10.2 Å². The maximum absolute atomic E-state index is 13.2. The molecule has 4 N–H and O–H groups in total. The summed E-state index contributed by atoms with van der Waals surface area (Å²) in [4.78, 5) is 4.44. The van der Waals surface area contributed by atoms with Crippen molar-refractivity contribution < 1.29 is 4.39 Å². The van der Waals surface area contributed by atoms with Crippen LogP contribution in [0.5, 0.6) is 0 Å². The molecule has 0 unspecified atom stereocenters. The third kappa shape index (κ3) is 8.48. The molecule has 2 aromatic rings. The van der Waals surface area contributed by atoms with Crippen LogP contribution in [-0.4, -0.2) is 18.1 Å². The average Bonchev–Trinajstić information content (AvgIpc) is 2.81. The predicted octanol–water partition coefficient (Wildman–Crippen LogP) is 6.46. The second kappa shape index (κ2) is 13.7. The second-order valence-corrected chi connectivity index (χ2v) is 8.15. The molecule has 1 heterocycles. The standard InChI is InChI=1S/C25H29ClFN3.CH5N/c1-18(8-6-9-19(2)28-16-20-10-7-11-21(27)14-20)23-15-25(29-17-24(23)26)30-22-12-4-3-5-13-22;1-2/h6-11,14-15,17,22,28H,2-5,12-13,16H2,1H3,(H,29,30);2H2,1H3/b9-6-,18-8+;. The van der Waals surface area contributed by atoms with E-state index in [0.717, 1.165) is 28.2 Å². The van der Waals surface area contributed by atoms with E-state index in [0.29, 0.717) is 17.6 Å². The Morgan fingerprint density at radius 1 is 1.25 bits per heavy atom. The SMILES string of the molecule is C=C(/C=C\C=C(/C)c1cc(NC2CCCCC2)ncc1Cl)NCc1cccc(F)c1.CN. The summed E-state index contributed by atoms with van der Waals surface area (Å²) in [5, 5.41) is 7.36. The number of anilines is 1. The minimum atomic E-state index is -0.236. The molecule has 0 amide bonds. The van der Waals surface area contributed by atoms with E-state index in [9.17, 15) is 4.39 Å². The zero-order valence-corrected chi connectivity index (χ0v) is 19.8. The number of aromatic nitrogens is 1. The maximum atomic E-state index is 13.2. The summed E-state index contributed by atoms with van der Waals surface area (Å²) in [6.45, 7) is 6.54. The van der Waals surface area contributed by atoms with E-state index in [4.69, 9.17) is 11.6 Å². The largest absolute Gasteiger partial charge is 0.381 e. The Balaban J connectivity index is 0.00000176. The molecule has 172 valence electrons. The van der Waals surface area contributed by atoms with Crippen LogP contribution < -0.4 is 16.4 Å². The van der Waals surface area contributed by atoms with Crippen LogP contribution in [0.15, 0.2) is 67.0 Å². The Morgan fingerprint density at radius 2 is 2.00 bits per heavy atom. The molecule has 0 radical (unpaired) electrons. The smallest absolute Gasteiger partial charge is 0.126 e. The van der Waals surface area contributed by atoms with Gasteiger partial charge in [-0.15, -0.1) is 0 Å². The molecule has 1 aromatic carbocycles. The van der Waals surface area contributed by atoms with Crippen LogP contribution in [0.3, 0.4) is 0 Å². The number of benzene rings is 1. The molecular formula is C26H34ClFN4. The van der Waals surface area contributed by atoms with Gasteiger partial charge in [-0.1, -0.05) is 61.7 Å². The van der Waals surface area contributed by atoms with Crippen molar-refractivity contribution in [2.45, 2.75) is 51.6 Å². The third-order valence-corrected chi connectivity index (χ3v) is 5.59. The summed E-state index contributed by atoms with van der Waals surface area (Å²) in [7, 11) is 1.50. The molecule has 0 spiro atoms. The molecule has 1 saturated carbocycles. The molecule has 1 aliphatic rings. The molecule has 0 atom stereocenters. The Labute approximate surface area is 196 Å². The number of pyridine rings is 1. The van der Waals surface area contributed by atoms with Crippen molar-refractivity contribution in [1.82, 2.24) is 10.3 Å². The van der Waals surface area contributed by atoms with Gasteiger partial charge in [0.1, 0.15) is 11.6 Å². The molecule has 1 aromatic heterocycles. The topological polar surface area (TPSA) is 63.0 Å². The van der Waals surface area contributed by atoms with Gasteiger partial charge < -0.3 is 16.4 Å². The van der Waals surface area contributed by atoms with E-state index in [2.05, 4.69) is 27.9 Å². The van der Waals surface area contributed by atoms with Crippen LogP contribution >= 0.6 is 11.6 Å². The number of nitrogens with two attached hydrogens (primary N) is 1. The van der Waals surface area contributed by atoms with E-state index >= 15 is 0 Å². The van der Waals surface area contributed by atoms with E-state index in [1.54, 1.807) is 12.3 Å². The summed E-state index contributed by atoms with van der Waals surface area (Å²) < 4.78 is 13.2. The number of halogens is 2. The number of allylic oxidation sites excluding steroid dienone is 4. The van der Waals surface area contributed by atoms with E-state index in [1.165, 1.54) is 51.3 Å². The fourth-order valence-corrected chi connectivity index (χ4v) is 3.85. The highest BCUT2D eigenvalue weighted by molar-refractivity contribution is 6.32. The summed E-state index contributed by atoms with van der Waals surface area (Å²) in [6.07, 6.45) is 13.8. The molecule has 3 rings (SSSR count). The van der Waals surface area contributed by atoms with Crippen molar-refractivity contribution in [3.8, 4) is 0 Å². The highest BCUT2D eigenvalue weighted by atomic mass is 35.5. The summed E-state index contributed by atoms with van der Waals surface area (Å²) >= 11 is 6.39. The molecular weight excluding hydrogens is 423 g/mol. The van der Waals surface area contributed by atoms with E-state index in [-0.39, 0.29) is 5.82 Å². The lowest BCUT2D eigenvalue weighted by Gasteiger charge is -2.23. The Bertz CT molecular complexity index is 933. The number of hydrogen-bond acceptors (Lipinski definition) is 4. The number of hydrogen-bond donors (Lipinski definition) is 3. The molecule has 1 aliphatic carbocycles. The first kappa shape index (κ1) is 25.6. The number of nitrogens with zero attached hydrogens (tertiary/aromatic N) is 1. The van der Waals surface area contributed by atoms with E-state index in [1.807, 2.05) is 37.3 Å². The Kier molecular flexibility index (Phi) is 11.0. The van der Waals surface area contributed by atoms with Crippen LogP contribution in [0.25, 0.3) is 5.57 Å². The van der Waals surface area contributed by atoms with Gasteiger partial charge in [-0.2, -0.15) is 0 Å². The highest BCUT2D eigenvalue weighted by Gasteiger charge is 2.14. The normalized spacial score (nSPS) is 14.6. The minimum Gasteiger partial charge on any atom is -0.381 e. The van der Waals surface area contributed by atoms with Gasteiger partial charge in [0.2, 0.25) is 0 Å². The van der Waals surface area contributed by atoms with Crippen LogP contribution in [0.1, 0.15) is 50.2 Å². The van der Waals surface area contributed by atoms with Gasteiger partial charge in [-0.3, -0.25) is 0 Å². The second-order valence-electron chi connectivity index (χ2n) is 7.75. The fourth-order valence-electron chi connectivity index (χ4n) is 3.60. The first-order valence-electron chi connectivity index (χ1n) is 11.0. The summed E-state index contributed by atoms with van der Waals surface area (Å²) in [6, 6.07) is 9.05. The van der Waals surface area contributed by atoms with Gasteiger partial charge in [0.25, 0.3) is 0 Å². The number of nitrogens with one attached hydrogen (secondary N) is 2. The lowest BCUT2D eigenvalue weighted by Crippen LogP contribution is -2.22. The minimum absolute atomic E-state index is 0.236. The first-order valence-corrected chi connectivity index (χ1v) is 11.4. The van der Waals surface area contributed by atoms with Crippen molar-refractivity contribution in [3.63, 3.8) is 0 Å². The van der Waals surface area contributed by atoms with Crippen molar-refractivity contribution in [3.05, 3.63) is 89.0 Å². The average molecular weight is 457 g/mol. The summed E-state index contributed by atoms with van der Waals surface area (Å²) in [5.41, 5.74) is 8.14. The van der Waals surface area contributed by atoms with Crippen molar-refractivity contribution in [2.75, 3.05) is 12.4 Å². The zero-order chi connectivity index (χ0) is 23.3. The fraction of sp³-hybridized carbons (Fsp3) is 0.346. The van der Waals surface area contributed by atoms with Gasteiger partial charge in [0, 0.05) is 30.0 Å². The third-order valence-electron chi connectivity index (χ3n) is 5.29. The number of rotatable bonds is 8. The van der Waals surface area contributed by atoms with Gasteiger partial charge in [-0.25, -0.2) is 9.37 Å². The highest BCUT2D eigenvalue weighted by Crippen LogP contribution is 2.27. The first-order chi connectivity index (χ1) is 15.5. The molecule has 32 heavy (non-hydrogen) atoms. The van der Waals surface area contributed by atoms with Crippen molar-refractivity contribution >= 4 is 23.0 Å². The Hall–Kier alpha value is -2.63.